The number of aliphatic hydroxyl groups excluding tert-OH is 1. The van der Waals surface area contributed by atoms with Crippen LogP contribution in [0.1, 0.15) is 30.0 Å². The Labute approximate surface area is 180 Å². The van der Waals surface area contributed by atoms with Crippen LogP contribution in [-0.4, -0.2) is 55.2 Å². The van der Waals surface area contributed by atoms with Gasteiger partial charge in [-0.1, -0.05) is 12.1 Å². The van der Waals surface area contributed by atoms with E-state index in [0.29, 0.717) is 35.8 Å². The van der Waals surface area contributed by atoms with Gasteiger partial charge in [0.2, 0.25) is 0 Å². The number of benzene rings is 2. The lowest BCUT2D eigenvalue weighted by Crippen LogP contribution is -2.36. The molecule has 7 nitrogen and oxygen atoms in total. The summed E-state index contributed by atoms with van der Waals surface area (Å²) in [5.41, 5.74) is 1.22. The number of carbonyl (C=O) groups is 2. The van der Waals surface area contributed by atoms with E-state index in [1.807, 2.05) is 0 Å². The monoisotopic (exact) mass is 423 g/mol. The molecular weight excluding hydrogens is 398 g/mol. The molecule has 2 fully saturated rings. The Kier molecular flexibility index (Phi) is 5.95. The zero-order valence-electron chi connectivity index (χ0n) is 17.5. The van der Waals surface area contributed by atoms with Crippen LogP contribution in [0, 0.1) is 0 Å². The Morgan fingerprint density at radius 1 is 1.03 bits per heavy atom. The molecule has 2 atom stereocenters. The number of hydrogen-bond acceptors (Lipinski definition) is 6. The van der Waals surface area contributed by atoms with Gasteiger partial charge in [-0.2, -0.15) is 0 Å². The number of amides is 1. The Morgan fingerprint density at radius 2 is 1.65 bits per heavy atom. The van der Waals surface area contributed by atoms with Gasteiger partial charge in [0.05, 0.1) is 31.9 Å². The van der Waals surface area contributed by atoms with Crippen molar-refractivity contribution >= 4 is 17.4 Å². The molecule has 0 saturated carbocycles. The number of aliphatic hydroxyl groups is 1. The first kappa shape index (κ1) is 20.9. The van der Waals surface area contributed by atoms with Crippen LogP contribution in [0.25, 0.3) is 5.76 Å². The van der Waals surface area contributed by atoms with Gasteiger partial charge in [-0.15, -0.1) is 0 Å². The number of ketones is 1. The van der Waals surface area contributed by atoms with Crippen LogP contribution >= 0.6 is 0 Å². The van der Waals surface area contributed by atoms with E-state index in [2.05, 4.69) is 0 Å². The predicted molar refractivity (Wildman–Crippen MR) is 114 cm³/mol. The highest BCUT2D eigenvalue weighted by Gasteiger charge is 2.47. The summed E-state index contributed by atoms with van der Waals surface area (Å²) < 4.78 is 16.1. The third-order valence-corrected chi connectivity index (χ3v) is 5.76. The molecule has 7 heteroatoms. The molecule has 162 valence electrons. The average molecular weight is 423 g/mol. The van der Waals surface area contributed by atoms with Crippen molar-refractivity contribution in [3.63, 3.8) is 0 Å². The van der Waals surface area contributed by atoms with E-state index in [-0.39, 0.29) is 17.4 Å². The number of nitrogens with zero attached hydrogens (tertiary/aromatic N) is 1. The highest BCUT2D eigenvalue weighted by atomic mass is 16.5. The lowest BCUT2D eigenvalue weighted by atomic mass is 9.95. The Balaban J connectivity index is 1.79. The van der Waals surface area contributed by atoms with Gasteiger partial charge in [0.15, 0.2) is 0 Å². The molecule has 0 radical (unpaired) electrons. The van der Waals surface area contributed by atoms with Crippen molar-refractivity contribution in [1.82, 2.24) is 4.90 Å². The SMILES string of the molecule is COc1ccc(C(O)=C2C(=O)C(=O)N(C[C@@H]3CCCO3)[C@H]2c2ccc(OC)cc2)cc1. The number of Topliss-reactive ketones (excluding diaryl/α,β-unsaturated/α-hetero) is 1. The molecule has 0 aromatic heterocycles. The second kappa shape index (κ2) is 8.81. The minimum absolute atomic E-state index is 0.0679. The fraction of sp³-hybridized carbons (Fsp3) is 0.333. The van der Waals surface area contributed by atoms with Crippen molar-refractivity contribution in [2.45, 2.75) is 25.0 Å². The summed E-state index contributed by atoms with van der Waals surface area (Å²) in [6.45, 7) is 0.939. The number of hydrogen-bond donors (Lipinski definition) is 1. The molecule has 4 rings (SSSR count). The van der Waals surface area contributed by atoms with Crippen LogP contribution in [0.2, 0.25) is 0 Å². The van der Waals surface area contributed by atoms with Gasteiger partial charge < -0.3 is 24.2 Å². The smallest absolute Gasteiger partial charge is 0.295 e. The van der Waals surface area contributed by atoms with Crippen molar-refractivity contribution < 1.29 is 28.9 Å². The molecule has 2 aromatic rings. The summed E-state index contributed by atoms with van der Waals surface area (Å²) in [5.74, 6) is -0.257. The van der Waals surface area contributed by atoms with Gasteiger partial charge in [-0.05, 0) is 54.8 Å². The first-order chi connectivity index (χ1) is 15.0. The molecule has 2 aromatic carbocycles. The molecule has 31 heavy (non-hydrogen) atoms. The number of ether oxygens (including phenoxy) is 3. The lowest BCUT2D eigenvalue weighted by molar-refractivity contribution is -0.140. The van der Waals surface area contributed by atoms with Crippen LogP contribution in [0.15, 0.2) is 54.1 Å². The van der Waals surface area contributed by atoms with E-state index in [4.69, 9.17) is 14.2 Å². The van der Waals surface area contributed by atoms with Gasteiger partial charge in [-0.25, -0.2) is 0 Å². The minimum atomic E-state index is -0.711. The Morgan fingerprint density at radius 3 is 2.19 bits per heavy atom. The maximum Gasteiger partial charge on any atom is 0.295 e. The van der Waals surface area contributed by atoms with Crippen LogP contribution in [0.4, 0.5) is 0 Å². The number of rotatable bonds is 6. The summed E-state index contributed by atoms with van der Waals surface area (Å²) in [5, 5.41) is 11.1. The Bertz CT molecular complexity index is 990. The largest absolute Gasteiger partial charge is 0.507 e. The van der Waals surface area contributed by atoms with Crippen molar-refractivity contribution in [1.29, 1.82) is 0 Å². The van der Waals surface area contributed by atoms with Crippen LogP contribution in [-0.2, 0) is 14.3 Å². The number of carbonyl (C=O) groups excluding carboxylic acids is 2. The number of methoxy groups -OCH3 is 2. The maximum absolute atomic E-state index is 13.0. The van der Waals surface area contributed by atoms with Crippen molar-refractivity contribution in [2.75, 3.05) is 27.4 Å². The van der Waals surface area contributed by atoms with E-state index in [0.717, 1.165) is 12.8 Å². The normalized spacial score (nSPS) is 22.7. The molecule has 1 N–H and O–H groups in total. The zero-order chi connectivity index (χ0) is 22.0. The molecule has 2 aliphatic heterocycles. The third kappa shape index (κ3) is 4.01. The van der Waals surface area contributed by atoms with E-state index in [1.165, 1.54) is 4.90 Å². The summed E-state index contributed by atoms with van der Waals surface area (Å²) in [4.78, 5) is 27.5. The lowest BCUT2D eigenvalue weighted by Gasteiger charge is -2.27. The molecule has 0 unspecified atom stereocenters. The van der Waals surface area contributed by atoms with Crippen molar-refractivity contribution in [3.8, 4) is 11.5 Å². The summed E-state index contributed by atoms with van der Waals surface area (Å²) in [7, 11) is 3.12. The second-order valence-corrected chi connectivity index (χ2v) is 7.59. The molecular formula is C24H25NO6. The van der Waals surface area contributed by atoms with Gasteiger partial charge in [0, 0.05) is 18.7 Å². The van der Waals surface area contributed by atoms with E-state index < -0.39 is 17.7 Å². The molecule has 2 aliphatic rings. The number of likely N-dealkylation sites (tertiary alicyclic amines) is 1. The van der Waals surface area contributed by atoms with Crippen LogP contribution in [0.3, 0.4) is 0 Å². The molecule has 2 saturated heterocycles. The van der Waals surface area contributed by atoms with E-state index in [9.17, 15) is 14.7 Å². The molecule has 0 aliphatic carbocycles. The summed E-state index contributed by atoms with van der Waals surface area (Å²) in [6, 6.07) is 13.2. The topological polar surface area (TPSA) is 85.3 Å². The van der Waals surface area contributed by atoms with Gasteiger partial charge in [0.1, 0.15) is 17.3 Å². The maximum atomic E-state index is 13.0. The van der Waals surface area contributed by atoms with Crippen molar-refractivity contribution in [2.24, 2.45) is 0 Å². The van der Waals surface area contributed by atoms with E-state index in [1.54, 1.807) is 62.8 Å². The first-order valence-corrected chi connectivity index (χ1v) is 10.2. The van der Waals surface area contributed by atoms with Gasteiger partial charge in [0.25, 0.3) is 11.7 Å². The average Bonchev–Trinajstić information content (AvgIpc) is 3.41. The predicted octanol–water partition coefficient (Wildman–Crippen LogP) is 3.30. The first-order valence-electron chi connectivity index (χ1n) is 10.2. The molecule has 0 bridgehead atoms. The van der Waals surface area contributed by atoms with Crippen LogP contribution in [0.5, 0.6) is 11.5 Å². The highest BCUT2D eigenvalue weighted by molar-refractivity contribution is 6.46. The third-order valence-electron chi connectivity index (χ3n) is 5.76. The quantitative estimate of drug-likeness (QED) is 0.436. The van der Waals surface area contributed by atoms with E-state index >= 15 is 0 Å². The summed E-state index contributed by atoms with van der Waals surface area (Å²) >= 11 is 0. The molecule has 0 spiro atoms. The second-order valence-electron chi connectivity index (χ2n) is 7.59. The fourth-order valence-electron chi connectivity index (χ4n) is 4.11. The molecule has 1 amide bonds. The Hall–Kier alpha value is -3.32. The summed E-state index contributed by atoms with van der Waals surface area (Å²) in [6.07, 6.45) is 1.63. The highest BCUT2D eigenvalue weighted by Crippen LogP contribution is 2.40. The van der Waals surface area contributed by atoms with Crippen molar-refractivity contribution in [3.05, 3.63) is 65.2 Å². The van der Waals surface area contributed by atoms with Gasteiger partial charge in [-0.3, -0.25) is 9.59 Å². The van der Waals surface area contributed by atoms with Crippen LogP contribution < -0.4 is 9.47 Å². The fourth-order valence-corrected chi connectivity index (χ4v) is 4.11. The van der Waals surface area contributed by atoms with Gasteiger partial charge >= 0.3 is 0 Å². The minimum Gasteiger partial charge on any atom is -0.507 e. The standard InChI is InChI=1S/C24H25NO6/c1-29-17-9-5-15(6-10-17)21-20(22(26)16-7-11-18(30-2)12-8-16)23(27)24(28)25(21)14-19-4-3-13-31-19/h5-12,19,21,26H,3-4,13-14H2,1-2H3/t19-,21-/m0/s1. The zero-order valence-corrected chi connectivity index (χ0v) is 17.5. The molecule has 2 heterocycles.